The standard InChI is InChI=1S/C13H17F2NO/c1-17-12-10(13(16)4-2-3-5-13)6-9(8-14)7-11(12)15/h6-7H,2-5,8,16H2,1H3. The largest absolute Gasteiger partial charge is 0.493 e. The zero-order valence-electron chi connectivity index (χ0n) is 9.93. The van der Waals surface area contributed by atoms with Crippen LogP contribution in [0, 0.1) is 5.82 Å². The lowest BCUT2D eigenvalue weighted by molar-refractivity contribution is 0.355. The van der Waals surface area contributed by atoms with Crippen LogP contribution >= 0.6 is 0 Å². The molecular weight excluding hydrogens is 224 g/mol. The van der Waals surface area contributed by atoms with Gasteiger partial charge in [0.2, 0.25) is 0 Å². The van der Waals surface area contributed by atoms with Gasteiger partial charge < -0.3 is 10.5 Å². The average molecular weight is 241 g/mol. The first-order chi connectivity index (χ1) is 8.10. The number of nitrogens with two attached hydrogens (primary N) is 1. The molecule has 0 spiro atoms. The van der Waals surface area contributed by atoms with E-state index in [1.807, 2.05) is 0 Å². The summed E-state index contributed by atoms with van der Waals surface area (Å²) in [5, 5.41) is 0. The minimum atomic E-state index is -0.690. The van der Waals surface area contributed by atoms with Gasteiger partial charge in [0, 0.05) is 11.1 Å². The van der Waals surface area contributed by atoms with Crippen molar-refractivity contribution < 1.29 is 13.5 Å². The molecule has 0 saturated heterocycles. The fourth-order valence-corrected chi connectivity index (χ4v) is 2.58. The summed E-state index contributed by atoms with van der Waals surface area (Å²) in [6.07, 6.45) is 3.61. The summed E-state index contributed by atoms with van der Waals surface area (Å²) in [6, 6.07) is 2.80. The third kappa shape index (κ3) is 2.14. The lowest BCUT2D eigenvalue weighted by Gasteiger charge is -2.27. The molecular formula is C13H17F2NO. The number of rotatable bonds is 3. The van der Waals surface area contributed by atoms with E-state index in [2.05, 4.69) is 0 Å². The highest BCUT2D eigenvalue weighted by molar-refractivity contribution is 5.43. The maximum absolute atomic E-state index is 13.8. The molecule has 94 valence electrons. The fourth-order valence-electron chi connectivity index (χ4n) is 2.58. The van der Waals surface area contributed by atoms with Gasteiger partial charge >= 0.3 is 0 Å². The number of alkyl halides is 1. The van der Waals surface area contributed by atoms with Gasteiger partial charge in [-0.2, -0.15) is 0 Å². The Balaban J connectivity index is 2.53. The van der Waals surface area contributed by atoms with E-state index in [1.54, 1.807) is 6.07 Å². The topological polar surface area (TPSA) is 35.2 Å². The highest BCUT2D eigenvalue weighted by atomic mass is 19.1. The molecule has 1 fully saturated rings. The molecule has 2 nitrogen and oxygen atoms in total. The van der Waals surface area contributed by atoms with Gasteiger partial charge in [-0.1, -0.05) is 12.8 Å². The van der Waals surface area contributed by atoms with E-state index >= 15 is 0 Å². The van der Waals surface area contributed by atoms with Crippen molar-refractivity contribution in [2.45, 2.75) is 37.9 Å². The summed E-state index contributed by atoms with van der Waals surface area (Å²) in [4.78, 5) is 0. The lowest BCUT2D eigenvalue weighted by Crippen LogP contribution is -2.34. The molecule has 2 N–H and O–H groups in total. The zero-order valence-corrected chi connectivity index (χ0v) is 9.93. The van der Waals surface area contributed by atoms with Crippen molar-refractivity contribution in [1.29, 1.82) is 0 Å². The molecule has 17 heavy (non-hydrogen) atoms. The monoisotopic (exact) mass is 241 g/mol. The van der Waals surface area contributed by atoms with Gasteiger partial charge in [0.1, 0.15) is 6.67 Å². The maximum Gasteiger partial charge on any atom is 0.165 e. The third-order valence-corrected chi connectivity index (χ3v) is 3.49. The highest BCUT2D eigenvalue weighted by Crippen LogP contribution is 2.42. The van der Waals surface area contributed by atoms with Crippen LogP contribution in [-0.4, -0.2) is 7.11 Å². The molecule has 4 heteroatoms. The number of ether oxygens (including phenoxy) is 1. The first kappa shape index (κ1) is 12.3. The molecule has 0 heterocycles. The van der Waals surface area contributed by atoms with Crippen LogP contribution in [0.15, 0.2) is 12.1 Å². The Morgan fingerprint density at radius 2 is 2.00 bits per heavy atom. The molecule has 0 bridgehead atoms. The second kappa shape index (κ2) is 4.61. The minimum Gasteiger partial charge on any atom is -0.493 e. The van der Waals surface area contributed by atoms with E-state index < -0.39 is 18.0 Å². The van der Waals surface area contributed by atoms with Gasteiger partial charge in [-0.15, -0.1) is 0 Å². The smallest absolute Gasteiger partial charge is 0.165 e. The SMILES string of the molecule is COc1c(F)cc(CF)cc1C1(N)CCCC1. The molecule has 1 aromatic carbocycles. The van der Waals surface area contributed by atoms with Crippen molar-refractivity contribution in [2.24, 2.45) is 5.73 Å². The van der Waals surface area contributed by atoms with Crippen molar-refractivity contribution in [3.8, 4) is 5.75 Å². The first-order valence-corrected chi connectivity index (χ1v) is 5.82. The Bertz CT molecular complexity index is 414. The predicted molar refractivity (Wildman–Crippen MR) is 62.1 cm³/mol. The lowest BCUT2D eigenvalue weighted by atomic mass is 9.87. The van der Waals surface area contributed by atoms with Crippen LogP contribution in [0.4, 0.5) is 8.78 Å². The number of methoxy groups -OCH3 is 1. The number of halogens is 2. The maximum atomic E-state index is 13.8. The Kier molecular flexibility index (Phi) is 3.33. The highest BCUT2D eigenvalue weighted by Gasteiger charge is 2.35. The van der Waals surface area contributed by atoms with Crippen LogP contribution in [-0.2, 0) is 12.2 Å². The van der Waals surface area contributed by atoms with Gasteiger partial charge in [0.05, 0.1) is 7.11 Å². The normalized spacial score (nSPS) is 18.4. The number of benzene rings is 1. The summed E-state index contributed by atoms with van der Waals surface area (Å²) < 4.78 is 31.5. The van der Waals surface area contributed by atoms with E-state index in [0.29, 0.717) is 11.1 Å². The summed E-state index contributed by atoms with van der Waals surface area (Å²) >= 11 is 0. The van der Waals surface area contributed by atoms with Gasteiger partial charge in [0.25, 0.3) is 0 Å². The van der Waals surface area contributed by atoms with Gasteiger partial charge in [0.15, 0.2) is 11.6 Å². The van der Waals surface area contributed by atoms with Crippen LogP contribution in [0.2, 0.25) is 0 Å². The molecule has 1 aliphatic carbocycles. The molecule has 0 aliphatic heterocycles. The van der Waals surface area contributed by atoms with Crippen LogP contribution < -0.4 is 10.5 Å². The van der Waals surface area contributed by atoms with Crippen molar-refractivity contribution in [2.75, 3.05) is 7.11 Å². The van der Waals surface area contributed by atoms with Crippen molar-refractivity contribution in [1.82, 2.24) is 0 Å². The molecule has 1 saturated carbocycles. The van der Waals surface area contributed by atoms with Crippen molar-refractivity contribution >= 4 is 0 Å². The first-order valence-electron chi connectivity index (χ1n) is 5.82. The van der Waals surface area contributed by atoms with E-state index in [4.69, 9.17) is 10.5 Å². The molecule has 0 radical (unpaired) electrons. The fraction of sp³-hybridized carbons (Fsp3) is 0.538. The average Bonchev–Trinajstić information content (AvgIpc) is 2.76. The Labute approximate surface area is 99.8 Å². The minimum absolute atomic E-state index is 0.159. The summed E-state index contributed by atoms with van der Waals surface area (Å²) in [5.41, 5.74) is 6.62. The molecule has 1 aliphatic rings. The summed E-state index contributed by atoms with van der Waals surface area (Å²) in [7, 11) is 1.41. The summed E-state index contributed by atoms with van der Waals surface area (Å²) in [5.74, 6) is -0.374. The number of hydrogen-bond acceptors (Lipinski definition) is 2. The van der Waals surface area contributed by atoms with E-state index in [1.165, 1.54) is 13.2 Å². The van der Waals surface area contributed by atoms with Crippen LogP contribution in [0.3, 0.4) is 0 Å². The molecule has 0 aromatic heterocycles. The molecule has 1 aromatic rings. The Hall–Kier alpha value is -1.16. The van der Waals surface area contributed by atoms with Crippen LogP contribution in [0.1, 0.15) is 36.8 Å². The third-order valence-electron chi connectivity index (χ3n) is 3.49. The molecule has 0 amide bonds. The van der Waals surface area contributed by atoms with E-state index in [-0.39, 0.29) is 5.75 Å². The second-order valence-electron chi connectivity index (χ2n) is 4.66. The zero-order chi connectivity index (χ0) is 12.5. The van der Waals surface area contributed by atoms with E-state index in [0.717, 1.165) is 25.7 Å². The van der Waals surface area contributed by atoms with Crippen molar-refractivity contribution in [3.63, 3.8) is 0 Å². The Morgan fingerprint density at radius 1 is 1.35 bits per heavy atom. The summed E-state index contributed by atoms with van der Waals surface area (Å²) in [6.45, 7) is -0.690. The van der Waals surface area contributed by atoms with Gasteiger partial charge in [-0.05, 0) is 30.5 Å². The molecule has 0 unspecified atom stereocenters. The van der Waals surface area contributed by atoms with Crippen molar-refractivity contribution in [3.05, 3.63) is 29.1 Å². The molecule has 0 atom stereocenters. The Morgan fingerprint density at radius 3 is 2.53 bits per heavy atom. The van der Waals surface area contributed by atoms with Gasteiger partial charge in [-0.3, -0.25) is 0 Å². The van der Waals surface area contributed by atoms with Crippen LogP contribution in [0.5, 0.6) is 5.75 Å². The van der Waals surface area contributed by atoms with E-state index in [9.17, 15) is 8.78 Å². The second-order valence-corrected chi connectivity index (χ2v) is 4.66. The predicted octanol–water partition coefficient (Wildman–Crippen LogP) is 3.03. The quantitative estimate of drug-likeness (QED) is 0.882. The molecule has 2 rings (SSSR count). The number of hydrogen-bond donors (Lipinski definition) is 1. The van der Waals surface area contributed by atoms with Crippen LogP contribution in [0.25, 0.3) is 0 Å². The van der Waals surface area contributed by atoms with Gasteiger partial charge in [-0.25, -0.2) is 8.78 Å².